The van der Waals surface area contributed by atoms with E-state index in [9.17, 15) is 9.59 Å². The lowest BCUT2D eigenvalue weighted by molar-refractivity contribution is -0.120. The molecule has 3 aromatic rings. The summed E-state index contributed by atoms with van der Waals surface area (Å²) in [4.78, 5) is 28.3. The number of nitrogens with one attached hydrogen (secondary N) is 1. The number of imidazole rings is 1. The van der Waals surface area contributed by atoms with Gasteiger partial charge in [0.25, 0.3) is 0 Å². The Balaban J connectivity index is 1.90. The van der Waals surface area contributed by atoms with Gasteiger partial charge in [0.1, 0.15) is 0 Å². The monoisotopic (exact) mass is 396 g/mol. The average molecular weight is 397 g/mol. The zero-order chi connectivity index (χ0) is 20.1. The Morgan fingerprint density at radius 2 is 1.79 bits per heavy atom. The van der Waals surface area contributed by atoms with Crippen LogP contribution in [0.15, 0.2) is 59.8 Å². The molecule has 0 aliphatic carbocycles. The number of hydrogen-bond acceptors (Lipinski definition) is 4. The van der Waals surface area contributed by atoms with Crippen molar-refractivity contribution in [1.29, 1.82) is 0 Å². The lowest BCUT2D eigenvalue weighted by Crippen LogP contribution is -2.42. The van der Waals surface area contributed by atoms with Crippen LogP contribution in [-0.2, 0) is 17.8 Å². The van der Waals surface area contributed by atoms with Crippen molar-refractivity contribution in [3.8, 4) is 0 Å². The number of hydrogen-bond donors (Lipinski definition) is 2. The highest BCUT2D eigenvalue weighted by atomic mass is 32.2. The summed E-state index contributed by atoms with van der Waals surface area (Å²) in [6.45, 7) is 4.62. The van der Waals surface area contributed by atoms with Crippen molar-refractivity contribution in [2.24, 2.45) is 11.7 Å². The topological polar surface area (TPSA) is 90.0 Å². The van der Waals surface area contributed by atoms with Crippen molar-refractivity contribution in [3.05, 3.63) is 60.2 Å². The molecule has 0 saturated carbocycles. The number of carbonyl (C=O) groups is 2. The fraction of sp³-hybridized carbons (Fsp3) is 0.286. The van der Waals surface area contributed by atoms with Crippen LogP contribution in [-0.4, -0.2) is 26.7 Å². The molecule has 1 aromatic heterocycles. The maximum absolute atomic E-state index is 12.4. The highest BCUT2D eigenvalue weighted by molar-refractivity contribution is 8.00. The number of nitrogens with zero attached hydrogens (tertiary/aromatic N) is 2. The van der Waals surface area contributed by atoms with E-state index < -0.39 is 17.2 Å². The summed E-state index contributed by atoms with van der Waals surface area (Å²) in [5.41, 5.74) is 8.28. The zero-order valence-corrected chi connectivity index (χ0v) is 16.8. The number of imide groups is 1. The molecule has 0 bridgehead atoms. The van der Waals surface area contributed by atoms with Gasteiger partial charge in [-0.25, -0.2) is 9.78 Å². The maximum atomic E-state index is 12.4. The van der Waals surface area contributed by atoms with Crippen LogP contribution in [0.2, 0.25) is 0 Å². The van der Waals surface area contributed by atoms with Gasteiger partial charge in [0.15, 0.2) is 5.16 Å². The second-order valence-electron chi connectivity index (χ2n) is 6.91. The molecule has 1 atom stereocenters. The summed E-state index contributed by atoms with van der Waals surface area (Å²) < 4.78 is 2.14. The van der Waals surface area contributed by atoms with Crippen molar-refractivity contribution in [1.82, 2.24) is 14.9 Å². The van der Waals surface area contributed by atoms with E-state index in [1.165, 1.54) is 17.3 Å². The third kappa shape index (κ3) is 4.72. The van der Waals surface area contributed by atoms with Crippen molar-refractivity contribution < 1.29 is 9.59 Å². The highest BCUT2D eigenvalue weighted by Crippen LogP contribution is 2.31. The van der Waals surface area contributed by atoms with Crippen molar-refractivity contribution in [2.45, 2.75) is 37.2 Å². The van der Waals surface area contributed by atoms with Gasteiger partial charge in [-0.2, -0.15) is 0 Å². The molecule has 7 heteroatoms. The number of para-hydroxylation sites is 2. The number of nitrogens with two attached hydrogens (primary N) is 1. The van der Waals surface area contributed by atoms with Crippen LogP contribution in [0, 0.1) is 5.92 Å². The van der Waals surface area contributed by atoms with Crippen LogP contribution in [0.1, 0.15) is 19.4 Å². The van der Waals surface area contributed by atoms with E-state index in [0.717, 1.165) is 29.2 Å². The van der Waals surface area contributed by atoms with E-state index in [4.69, 9.17) is 10.7 Å². The van der Waals surface area contributed by atoms with E-state index in [1.807, 2.05) is 56.3 Å². The Morgan fingerprint density at radius 3 is 2.46 bits per heavy atom. The molecule has 0 spiro atoms. The first-order valence-electron chi connectivity index (χ1n) is 9.22. The zero-order valence-electron chi connectivity index (χ0n) is 16.0. The number of amides is 3. The molecule has 3 amide bonds. The minimum atomic E-state index is -0.839. The van der Waals surface area contributed by atoms with Gasteiger partial charge in [-0.05, 0) is 30.0 Å². The maximum Gasteiger partial charge on any atom is 0.318 e. The molecule has 0 fully saturated rings. The molecule has 3 N–H and O–H groups in total. The van der Waals surface area contributed by atoms with E-state index >= 15 is 0 Å². The minimum absolute atomic E-state index is 0.00624. The molecule has 0 aliphatic heterocycles. The Morgan fingerprint density at radius 1 is 1.11 bits per heavy atom. The molecule has 6 nitrogen and oxygen atoms in total. The number of fused-ring (bicyclic) bond motifs is 1. The van der Waals surface area contributed by atoms with E-state index in [2.05, 4.69) is 22.0 Å². The summed E-state index contributed by atoms with van der Waals surface area (Å²) in [6.07, 6.45) is 0.856. The smallest absolute Gasteiger partial charge is 0.318 e. The van der Waals surface area contributed by atoms with Gasteiger partial charge in [0.05, 0.1) is 16.3 Å². The van der Waals surface area contributed by atoms with E-state index in [-0.39, 0.29) is 5.92 Å². The minimum Gasteiger partial charge on any atom is -0.351 e. The molecule has 3 rings (SSSR count). The number of benzene rings is 2. The van der Waals surface area contributed by atoms with Crippen LogP contribution in [0.4, 0.5) is 4.79 Å². The SMILES string of the molecule is CC(C)C(Sc1nc2ccccc2n1CCc1ccccc1)C(=O)NC(N)=O. The largest absolute Gasteiger partial charge is 0.351 e. The first kappa shape index (κ1) is 19.9. The Bertz CT molecular complexity index is 969. The predicted octanol–water partition coefficient (Wildman–Crippen LogP) is 3.59. The number of urea groups is 1. The van der Waals surface area contributed by atoms with Crippen LogP contribution in [0.5, 0.6) is 0 Å². The molecule has 146 valence electrons. The molecule has 28 heavy (non-hydrogen) atoms. The molecule has 2 aromatic carbocycles. The molecule has 1 heterocycles. The lowest BCUT2D eigenvalue weighted by Gasteiger charge is -2.19. The lowest BCUT2D eigenvalue weighted by atomic mass is 10.1. The summed E-state index contributed by atoms with van der Waals surface area (Å²) >= 11 is 1.37. The normalized spacial score (nSPS) is 12.2. The standard InChI is InChI=1S/C21H24N4O2S/c1-14(2)18(19(26)24-20(22)27)28-21-23-16-10-6-7-11-17(16)25(21)13-12-15-8-4-3-5-9-15/h3-11,14,18H,12-13H2,1-2H3,(H3,22,24,26,27). The molecule has 0 aliphatic rings. The van der Waals surface area contributed by atoms with Gasteiger partial charge in [0, 0.05) is 6.54 Å². The molecule has 0 saturated heterocycles. The summed E-state index contributed by atoms with van der Waals surface area (Å²) in [5, 5.41) is 2.48. The van der Waals surface area contributed by atoms with E-state index in [0.29, 0.717) is 0 Å². The van der Waals surface area contributed by atoms with Crippen molar-refractivity contribution in [2.75, 3.05) is 0 Å². The van der Waals surface area contributed by atoms with Gasteiger partial charge in [0.2, 0.25) is 5.91 Å². The number of carbonyl (C=O) groups excluding carboxylic acids is 2. The van der Waals surface area contributed by atoms with Gasteiger partial charge in [-0.1, -0.05) is 68.1 Å². The van der Waals surface area contributed by atoms with Gasteiger partial charge in [-0.15, -0.1) is 0 Å². The van der Waals surface area contributed by atoms with Gasteiger partial charge < -0.3 is 10.3 Å². The van der Waals surface area contributed by atoms with Crippen LogP contribution in [0.3, 0.4) is 0 Å². The summed E-state index contributed by atoms with van der Waals surface area (Å²) in [6, 6.07) is 17.3. The second-order valence-corrected chi connectivity index (χ2v) is 8.02. The summed E-state index contributed by atoms with van der Waals surface area (Å²) in [5.74, 6) is -0.388. The second kappa shape index (κ2) is 8.93. The number of aryl methyl sites for hydroxylation is 2. The Hall–Kier alpha value is -2.80. The molecular formula is C21H24N4O2S. The third-order valence-corrected chi connectivity index (χ3v) is 5.96. The van der Waals surface area contributed by atoms with Crippen molar-refractivity contribution in [3.63, 3.8) is 0 Å². The highest BCUT2D eigenvalue weighted by Gasteiger charge is 2.27. The fourth-order valence-corrected chi connectivity index (χ4v) is 4.18. The fourth-order valence-electron chi connectivity index (χ4n) is 3.04. The van der Waals surface area contributed by atoms with E-state index in [1.54, 1.807) is 0 Å². The number of aromatic nitrogens is 2. The third-order valence-electron chi connectivity index (χ3n) is 4.43. The Labute approximate surface area is 168 Å². The number of rotatable bonds is 7. The number of primary amides is 1. The molecular weight excluding hydrogens is 372 g/mol. The summed E-state index contributed by atoms with van der Waals surface area (Å²) in [7, 11) is 0. The van der Waals surface area contributed by atoms with Gasteiger partial charge >= 0.3 is 6.03 Å². The quantitative estimate of drug-likeness (QED) is 0.597. The van der Waals surface area contributed by atoms with Crippen molar-refractivity contribution >= 4 is 34.7 Å². The molecule has 1 unspecified atom stereocenters. The first-order valence-corrected chi connectivity index (χ1v) is 10.1. The predicted molar refractivity (Wildman–Crippen MR) is 112 cm³/mol. The first-order chi connectivity index (χ1) is 13.5. The van der Waals surface area contributed by atoms with Crippen LogP contribution < -0.4 is 11.1 Å². The average Bonchev–Trinajstić information content (AvgIpc) is 3.01. The van der Waals surface area contributed by atoms with Gasteiger partial charge in [-0.3, -0.25) is 10.1 Å². The number of thioether (sulfide) groups is 1. The Kier molecular flexibility index (Phi) is 6.36. The molecule has 0 radical (unpaired) electrons. The van der Waals surface area contributed by atoms with Crippen LogP contribution in [0.25, 0.3) is 11.0 Å². The van der Waals surface area contributed by atoms with Crippen LogP contribution >= 0.6 is 11.8 Å².